The van der Waals surface area contributed by atoms with E-state index in [1.54, 1.807) is 27.0 Å². The van der Waals surface area contributed by atoms with Crippen molar-refractivity contribution in [2.24, 2.45) is 0 Å². The fourth-order valence-corrected chi connectivity index (χ4v) is 2.67. The van der Waals surface area contributed by atoms with Gasteiger partial charge in [-0.2, -0.15) is 0 Å². The molecule has 1 amide bonds. The van der Waals surface area contributed by atoms with Crippen molar-refractivity contribution in [1.29, 1.82) is 0 Å². The summed E-state index contributed by atoms with van der Waals surface area (Å²) in [5.41, 5.74) is -0.571. The van der Waals surface area contributed by atoms with Gasteiger partial charge < -0.3 is 14.5 Å². The van der Waals surface area contributed by atoms with E-state index in [0.29, 0.717) is 17.9 Å². The van der Waals surface area contributed by atoms with Crippen molar-refractivity contribution >= 4 is 23.6 Å². The van der Waals surface area contributed by atoms with Gasteiger partial charge in [-0.15, -0.1) is 11.8 Å². The molecule has 0 bridgehead atoms. The summed E-state index contributed by atoms with van der Waals surface area (Å²) in [5, 5.41) is 2.67. The van der Waals surface area contributed by atoms with Crippen LogP contribution in [-0.2, 0) is 15.3 Å². The lowest BCUT2D eigenvalue weighted by atomic mass is 10.1. The number of Topliss-reactive ketones (excluding diaryl/α,β-unsaturated/α-hetero) is 1. The number of alkyl carbamates (subject to hydrolysis) is 1. The number of carbonyl (C=O) groups excluding carboxylic acids is 2. The highest BCUT2D eigenvalue weighted by Gasteiger charge is 2.23. The fraction of sp³-hybridized carbons (Fsp3) is 0.625. The molecule has 1 N–H and O–H groups in total. The number of ketones is 1. The third kappa shape index (κ3) is 7.54. The minimum Gasteiger partial charge on any atom is -0.468 e. The molecular formula is C16H25NO4S. The van der Waals surface area contributed by atoms with Gasteiger partial charge in [-0.3, -0.25) is 4.79 Å². The first kappa shape index (κ1) is 18.6. The lowest BCUT2D eigenvalue weighted by Gasteiger charge is -2.22. The molecule has 1 atom stereocenters. The summed E-state index contributed by atoms with van der Waals surface area (Å²) in [7, 11) is 0. The maximum atomic E-state index is 12.2. The van der Waals surface area contributed by atoms with Crippen LogP contribution in [-0.4, -0.2) is 29.3 Å². The molecule has 0 fully saturated rings. The molecule has 0 aliphatic carbocycles. The van der Waals surface area contributed by atoms with Crippen LogP contribution in [0.2, 0.25) is 0 Å². The first-order chi connectivity index (χ1) is 10.3. The predicted octanol–water partition coefficient (Wildman–Crippen LogP) is 3.78. The topological polar surface area (TPSA) is 68.5 Å². The van der Waals surface area contributed by atoms with Crippen LogP contribution in [0.1, 0.15) is 46.3 Å². The minimum atomic E-state index is -0.571. The van der Waals surface area contributed by atoms with Crippen molar-refractivity contribution in [2.45, 2.75) is 57.9 Å². The second-order valence-electron chi connectivity index (χ2n) is 6.03. The van der Waals surface area contributed by atoms with Crippen LogP contribution in [0.15, 0.2) is 22.8 Å². The van der Waals surface area contributed by atoms with Gasteiger partial charge >= 0.3 is 6.09 Å². The monoisotopic (exact) mass is 327 g/mol. The predicted molar refractivity (Wildman–Crippen MR) is 87.9 cm³/mol. The second-order valence-corrected chi connectivity index (χ2v) is 7.01. The van der Waals surface area contributed by atoms with E-state index in [9.17, 15) is 9.59 Å². The summed E-state index contributed by atoms with van der Waals surface area (Å²) in [5.74, 6) is 1.82. The summed E-state index contributed by atoms with van der Waals surface area (Å²) in [4.78, 5) is 24.0. The van der Waals surface area contributed by atoms with Gasteiger partial charge in [-0.1, -0.05) is 13.3 Å². The molecule has 0 aromatic carbocycles. The molecule has 5 nitrogen and oxygen atoms in total. The van der Waals surface area contributed by atoms with E-state index >= 15 is 0 Å². The average Bonchev–Trinajstić information content (AvgIpc) is 2.89. The number of hydrogen-bond acceptors (Lipinski definition) is 5. The van der Waals surface area contributed by atoms with Crippen molar-refractivity contribution in [1.82, 2.24) is 5.32 Å². The zero-order valence-corrected chi connectivity index (χ0v) is 14.5. The summed E-state index contributed by atoms with van der Waals surface area (Å²) in [6.07, 6.45) is 2.49. The number of ether oxygens (including phenoxy) is 1. The van der Waals surface area contributed by atoms with Crippen molar-refractivity contribution in [3.8, 4) is 0 Å². The minimum absolute atomic E-state index is 0.00395. The number of thioether (sulfide) groups is 1. The van der Waals surface area contributed by atoms with E-state index in [-0.39, 0.29) is 5.78 Å². The zero-order chi connectivity index (χ0) is 16.6. The lowest BCUT2D eigenvalue weighted by molar-refractivity contribution is -0.118. The summed E-state index contributed by atoms with van der Waals surface area (Å²) < 4.78 is 10.4. The maximum absolute atomic E-state index is 12.2. The second kappa shape index (κ2) is 8.88. The van der Waals surface area contributed by atoms with Crippen molar-refractivity contribution in [3.05, 3.63) is 24.2 Å². The van der Waals surface area contributed by atoms with Crippen molar-refractivity contribution < 1.29 is 18.7 Å². The number of hydrogen-bond donors (Lipinski definition) is 1. The lowest BCUT2D eigenvalue weighted by Crippen LogP contribution is -2.44. The first-order valence-electron chi connectivity index (χ1n) is 7.44. The van der Waals surface area contributed by atoms with E-state index in [0.717, 1.165) is 12.2 Å². The maximum Gasteiger partial charge on any atom is 0.408 e. The molecule has 0 spiro atoms. The molecule has 1 rings (SSSR count). The largest absolute Gasteiger partial charge is 0.468 e. The Hall–Kier alpha value is -1.43. The van der Waals surface area contributed by atoms with Crippen LogP contribution in [0, 0.1) is 0 Å². The Balaban J connectivity index is 2.43. The molecule has 124 valence electrons. The SMILES string of the molecule is CCC[C@H](NC(=O)OC(C)(C)C)C(=O)CSCc1ccco1. The molecule has 1 heterocycles. The number of carbonyl (C=O) groups is 2. The zero-order valence-electron chi connectivity index (χ0n) is 13.7. The van der Waals surface area contributed by atoms with E-state index in [4.69, 9.17) is 9.15 Å². The van der Waals surface area contributed by atoms with Crippen LogP contribution in [0.5, 0.6) is 0 Å². The molecule has 6 heteroatoms. The smallest absolute Gasteiger partial charge is 0.408 e. The first-order valence-corrected chi connectivity index (χ1v) is 8.59. The highest BCUT2D eigenvalue weighted by atomic mass is 32.2. The van der Waals surface area contributed by atoms with Gasteiger partial charge in [0.1, 0.15) is 11.4 Å². The summed E-state index contributed by atoms with van der Waals surface area (Å²) in [6, 6.07) is 3.20. The molecule has 22 heavy (non-hydrogen) atoms. The van der Waals surface area contributed by atoms with Crippen molar-refractivity contribution in [3.63, 3.8) is 0 Å². The highest BCUT2D eigenvalue weighted by molar-refractivity contribution is 7.99. The Morgan fingerprint density at radius 1 is 1.41 bits per heavy atom. The molecule has 0 saturated carbocycles. The van der Waals surface area contributed by atoms with E-state index in [1.807, 2.05) is 19.1 Å². The van der Waals surface area contributed by atoms with Gasteiger partial charge in [0.05, 0.1) is 23.8 Å². The standard InChI is InChI=1S/C16H25NO4S/c1-5-7-13(17-15(19)21-16(2,3)4)14(18)11-22-10-12-8-6-9-20-12/h6,8-9,13H,5,7,10-11H2,1-4H3,(H,17,19)/t13-/m0/s1. The van der Waals surface area contributed by atoms with Crippen LogP contribution in [0.3, 0.4) is 0 Å². The Morgan fingerprint density at radius 3 is 2.68 bits per heavy atom. The number of nitrogens with one attached hydrogen (secondary N) is 1. The summed E-state index contributed by atoms with van der Waals surface area (Å²) in [6.45, 7) is 7.36. The van der Waals surface area contributed by atoms with Gasteiger partial charge in [0, 0.05) is 0 Å². The van der Waals surface area contributed by atoms with Crippen molar-refractivity contribution in [2.75, 3.05) is 5.75 Å². The fourth-order valence-electron chi connectivity index (χ4n) is 1.80. The molecule has 0 aliphatic rings. The molecule has 0 unspecified atom stereocenters. The van der Waals surface area contributed by atoms with Gasteiger partial charge in [0.2, 0.25) is 0 Å². The molecule has 0 radical (unpaired) electrons. The highest BCUT2D eigenvalue weighted by Crippen LogP contribution is 2.14. The van der Waals surface area contributed by atoms with E-state index in [1.165, 1.54) is 11.8 Å². The Labute approximate surface area is 136 Å². The quantitative estimate of drug-likeness (QED) is 0.787. The Bertz CT molecular complexity index is 465. The molecule has 1 aromatic heterocycles. The Morgan fingerprint density at radius 2 is 2.14 bits per heavy atom. The molecule has 0 aliphatic heterocycles. The van der Waals surface area contributed by atoms with Gasteiger partial charge in [0.25, 0.3) is 0 Å². The number of amides is 1. The Kier molecular flexibility index (Phi) is 7.51. The van der Waals surface area contributed by atoms with Gasteiger partial charge in [-0.25, -0.2) is 4.79 Å². The van der Waals surface area contributed by atoms with Crippen LogP contribution >= 0.6 is 11.8 Å². The average molecular weight is 327 g/mol. The summed E-state index contributed by atoms with van der Waals surface area (Å²) >= 11 is 1.48. The molecular weight excluding hydrogens is 302 g/mol. The van der Waals surface area contributed by atoms with E-state index in [2.05, 4.69) is 5.32 Å². The third-order valence-corrected chi connectivity index (χ3v) is 3.70. The molecule has 1 aromatic rings. The molecule has 0 saturated heterocycles. The number of rotatable bonds is 8. The van der Waals surface area contributed by atoms with Crippen LogP contribution in [0.4, 0.5) is 4.79 Å². The van der Waals surface area contributed by atoms with Crippen LogP contribution < -0.4 is 5.32 Å². The normalized spacial score (nSPS) is 12.7. The van der Waals surface area contributed by atoms with Gasteiger partial charge in [0.15, 0.2) is 5.78 Å². The van der Waals surface area contributed by atoms with E-state index < -0.39 is 17.7 Å². The third-order valence-electron chi connectivity index (χ3n) is 2.73. The van der Waals surface area contributed by atoms with Crippen LogP contribution in [0.25, 0.3) is 0 Å². The number of furan rings is 1. The van der Waals surface area contributed by atoms with Gasteiger partial charge in [-0.05, 0) is 39.3 Å².